The number of fused-ring (bicyclic) bond motifs is 1. The van der Waals surface area contributed by atoms with Crippen molar-refractivity contribution in [3.05, 3.63) is 59.4 Å². The lowest BCUT2D eigenvalue weighted by molar-refractivity contribution is 0.629. The molecule has 3 rings (SSSR count). The first-order valence-electron chi connectivity index (χ1n) is 7.29. The molecule has 0 N–H and O–H groups in total. The van der Waals surface area contributed by atoms with E-state index in [4.69, 9.17) is 4.99 Å². The molecule has 3 heteroatoms. The lowest BCUT2D eigenvalue weighted by Crippen LogP contribution is -2.33. The van der Waals surface area contributed by atoms with Crippen LogP contribution < -0.4 is 0 Å². The summed E-state index contributed by atoms with van der Waals surface area (Å²) in [4.78, 5) is 4.79. The van der Waals surface area contributed by atoms with Crippen molar-refractivity contribution < 1.29 is 0 Å². The van der Waals surface area contributed by atoms with Gasteiger partial charge < -0.3 is 0 Å². The molecule has 106 valence electrons. The molecule has 1 aliphatic heterocycles. The Hall–Kier alpha value is -1.75. The van der Waals surface area contributed by atoms with Crippen LogP contribution in [-0.4, -0.2) is 11.3 Å². The second-order valence-electron chi connectivity index (χ2n) is 5.98. The quantitative estimate of drug-likeness (QED) is 0.546. The highest BCUT2D eigenvalue weighted by atomic mass is 31.0. The Morgan fingerprint density at radius 2 is 2.24 bits per heavy atom. The van der Waals surface area contributed by atoms with Crippen molar-refractivity contribution in [3.63, 3.8) is 0 Å². The van der Waals surface area contributed by atoms with Crippen LogP contribution in [0.4, 0.5) is 5.69 Å². The largest absolute Gasteiger partial charge is 0.259 e. The Bertz CT molecular complexity index is 708. The summed E-state index contributed by atoms with van der Waals surface area (Å²) in [5.74, 6) is 0.466. The summed E-state index contributed by atoms with van der Waals surface area (Å²) in [5, 5.41) is 0. The van der Waals surface area contributed by atoms with Gasteiger partial charge in [-0.05, 0) is 45.2 Å². The van der Waals surface area contributed by atoms with Crippen molar-refractivity contribution in [2.24, 2.45) is 15.7 Å². The molecule has 2 atom stereocenters. The molecule has 1 heterocycles. The van der Waals surface area contributed by atoms with E-state index in [2.05, 4.69) is 69.8 Å². The summed E-state index contributed by atoms with van der Waals surface area (Å²) in [7, 11) is 3.39. The van der Waals surface area contributed by atoms with Gasteiger partial charge in [0.1, 0.15) is 5.54 Å². The van der Waals surface area contributed by atoms with Gasteiger partial charge in [0.15, 0.2) is 0 Å². The second kappa shape index (κ2) is 5.56. The minimum Gasteiger partial charge on any atom is -0.259 e. The fourth-order valence-electron chi connectivity index (χ4n) is 2.74. The van der Waals surface area contributed by atoms with Crippen LogP contribution >= 0.6 is 9.03 Å². The molecule has 0 radical (unpaired) electrons. The summed E-state index contributed by atoms with van der Waals surface area (Å²) >= 11 is 0. The molecular weight excluding hydrogens is 275 g/mol. The molecule has 1 aliphatic carbocycles. The molecule has 0 amide bonds. The molecule has 1 aromatic carbocycles. The molecular formula is C18H19N2P. The summed E-state index contributed by atoms with van der Waals surface area (Å²) < 4.78 is 4.46. The first-order chi connectivity index (χ1) is 10.1. The predicted molar refractivity (Wildman–Crippen MR) is 90.9 cm³/mol. The van der Waals surface area contributed by atoms with Crippen LogP contribution in [0.5, 0.6) is 0 Å². The van der Waals surface area contributed by atoms with Gasteiger partial charge in [0.2, 0.25) is 0 Å². The van der Waals surface area contributed by atoms with Crippen LogP contribution in [0, 0.1) is 5.92 Å². The fourth-order valence-corrected chi connectivity index (χ4v) is 2.95. The first-order valence-corrected chi connectivity index (χ1v) is 7.74. The second-order valence-corrected chi connectivity index (χ2v) is 6.20. The Balaban J connectivity index is 1.87. The maximum absolute atomic E-state index is 4.79. The monoisotopic (exact) mass is 294 g/mol. The van der Waals surface area contributed by atoms with Gasteiger partial charge in [-0.25, -0.2) is 0 Å². The minimum absolute atomic E-state index is 0.336. The van der Waals surface area contributed by atoms with Crippen molar-refractivity contribution in [2.75, 3.05) is 0 Å². The van der Waals surface area contributed by atoms with E-state index in [1.54, 1.807) is 0 Å². The van der Waals surface area contributed by atoms with Crippen molar-refractivity contribution in [3.8, 4) is 0 Å². The number of benzene rings is 1. The molecule has 0 aromatic heterocycles. The van der Waals surface area contributed by atoms with E-state index in [0.717, 1.165) is 24.2 Å². The maximum Gasteiger partial charge on any atom is 0.105 e. The highest BCUT2D eigenvalue weighted by Crippen LogP contribution is 2.35. The average molecular weight is 294 g/mol. The van der Waals surface area contributed by atoms with Gasteiger partial charge in [-0.2, -0.15) is 0 Å². The molecule has 1 aromatic rings. The van der Waals surface area contributed by atoms with E-state index >= 15 is 0 Å². The van der Waals surface area contributed by atoms with Crippen LogP contribution in [0.2, 0.25) is 0 Å². The van der Waals surface area contributed by atoms with Crippen LogP contribution in [-0.2, 0) is 6.42 Å². The number of hydrogen-bond acceptors (Lipinski definition) is 2. The van der Waals surface area contributed by atoms with E-state index in [9.17, 15) is 0 Å². The molecule has 2 unspecified atom stereocenters. The number of allylic oxidation sites excluding steroid dienone is 2. The van der Waals surface area contributed by atoms with E-state index in [0.29, 0.717) is 5.92 Å². The third kappa shape index (κ3) is 2.83. The minimum atomic E-state index is -0.336. The molecule has 0 spiro atoms. The van der Waals surface area contributed by atoms with Gasteiger partial charge >= 0.3 is 0 Å². The smallest absolute Gasteiger partial charge is 0.105 e. The fraction of sp³-hybridized carbons (Fsp3) is 0.333. The normalized spacial score (nSPS) is 22.3. The Morgan fingerprint density at radius 3 is 2.90 bits per heavy atom. The van der Waals surface area contributed by atoms with Crippen molar-refractivity contribution in [2.45, 2.75) is 32.2 Å². The zero-order chi connectivity index (χ0) is 14.9. The average Bonchev–Trinajstić information content (AvgIpc) is 2.94. The van der Waals surface area contributed by atoms with Crippen LogP contribution in [0.1, 0.15) is 25.8 Å². The molecule has 0 fully saturated rings. The summed E-state index contributed by atoms with van der Waals surface area (Å²) in [6.45, 7) is 4.29. The lowest BCUT2D eigenvalue weighted by Gasteiger charge is -2.25. The van der Waals surface area contributed by atoms with Crippen LogP contribution in [0.15, 0.2) is 63.5 Å². The first kappa shape index (κ1) is 14.2. The standard InChI is InChI=1S/C18H19N2P/c1-13-7-9-14(10-8-13)12-18(2,20-21)17-11-15-5-3-4-6-16(15)19-17/h3-9,13,21H,11-12H2,1-2H3. The molecule has 2 nitrogen and oxygen atoms in total. The van der Waals surface area contributed by atoms with Crippen molar-refractivity contribution in [1.29, 1.82) is 0 Å². The van der Waals surface area contributed by atoms with Gasteiger partial charge in [-0.1, -0.05) is 37.3 Å². The summed E-state index contributed by atoms with van der Waals surface area (Å²) in [5.41, 5.74) is 7.68. The summed E-state index contributed by atoms with van der Waals surface area (Å²) in [6.07, 6.45) is 8.14. The van der Waals surface area contributed by atoms with Gasteiger partial charge in [0.25, 0.3) is 0 Å². The third-order valence-electron chi connectivity index (χ3n) is 4.14. The highest BCUT2D eigenvalue weighted by Gasteiger charge is 2.33. The van der Waals surface area contributed by atoms with Crippen LogP contribution in [0.3, 0.4) is 0 Å². The third-order valence-corrected chi connectivity index (χ3v) is 4.63. The van der Waals surface area contributed by atoms with E-state index in [1.165, 1.54) is 11.1 Å². The van der Waals surface area contributed by atoms with Gasteiger partial charge in [-0.15, -0.1) is 5.73 Å². The number of rotatable bonds is 4. The maximum atomic E-state index is 4.79. The SMILES string of the molecule is CC1C=C=C(CC(C)(N=P)C2=Nc3ccccc3C2)C=C1. The van der Waals surface area contributed by atoms with Gasteiger partial charge in [0.05, 0.1) is 11.4 Å². The van der Waals surface area contributed by atoms with Crippen molar-refractivity contribution in [1.82, 2.24) is 0 Å². The summed E-state index contributed by atoms with van der Waals surface area (Å²) in [6, 6.07) is 8.30. The molecule has 0 saturated heterocycles. The Labute approximate surface area is 128 Å². The molecule has 0 saturated carbocycles. The zero-order valence-electron chi connectivity index (χ0n) is 12.4. The highest BCUT2D eigenvalue weighted by molar-refractivity contribution is 7.04. The number of para-hydroxylation sites is 1. The van der Waals surface area contributed by atoms with E-state index < -0.39 is 0 Å². The topological polar surface area (TPSA) is 24.7 Å². The van der Waals surface area contributed by atoms with Gasteiger partial charge in [-0.3, -0.25) is 9.74 Å². The number of aliphatic imine (C=N–C) groups is 1. The van der Waals surface area contributed by atoms with Gasteiger partial charge in [0, 0.05) is 12.8 Å². The van der Waals surface area contributed by atoms with E-state index in [1.807, 2.05) is 6.07 Å². The number of hydrogen-bond donors (Lipinski definition) is 0. The zero-order valence-corrected chi connectivity index (χ0v) is 13.4. The Morgan fingerprint density at radius 1 is 1.43 bits per heavy atom. The number of nitrogens with zero attached hydrogens (tertiary/aromatic N) is 2. The van der Waals surface area contributed by atoms with E-state index in [-0.39, 0.29) is 5.54 Å². The molecule has 21 heavy (non-hydrogen) atoms. The van der Waals surface area contributed by atoms with Crippen molar-refractivity contribution >= 4 is 20.4 Å². The predicted octanol–water partition coefficient (Wildman–Crippen LogP) is 5.08. The Kier molecular flexibility index (Phi) is 3.76. The van der Waals surface area contributed by atoms with Crippen LogP contribution in [0.25, 0.3) is 0 Å². The lowest BCUT2D eigenvalue weighted by atomic mass is 9.85. The molecule has 2 aliphatic rings. The molecule has 0 bridgehead atoms.